The smallest absolute Gasteiger partial charge is 0.248 e. The normalized spacial score (nSPS) is 21.6. The maximum atomic E-state index is 11.4. The van der Waals surface area contributed by atoms with E-state index < -0.39 is 5.91 Å². The van der Waals surface area contributed by atoms with E-state index in [1.54, 1.807) is 19.2 Å². The van der Waals surface area contributed by atoms with Gasteiger partial charge in [-0.25, -0.2) is 0 Å². The topological polar surface area (TPSA) is 70.7 Å². The molecule has 24 heavy (non-hydrogen) atoms. The summed E-state index contributed by atoms with van der Waals surface area (Å²) in [7, 11) is 6.05. The van der Waals surface area contributed by atoms with E-state index in [1.165, 1.54) is 12.8 Å². The van der Waals surface area contributed by atoms with Gasteiger partial charge in [0.25, 0.3) is 0 Å². The third kappa shape index (κ3) is 4.45. The van der Waals surface area contributed by atoms with Gasteiger partial charge in [0.15, 0.2) is 0 Å². The Morgan fingerprint density at radius 3 is 2.42 bits per heavy atom. The minimum Gasteiger partial charge on any atom is -0.367 e. The molecule has 0 aliphatic heterocycles. The third-order valence-electron chi connectivity index (χ3n) is 4.77. The molecule has 0 aromatic heterocycles. The van der Waals surface area contributed by atoms with Crippen molar-refractivity contribution < 1.29 is 4.79 Å². The van der Waals surface area contributed by atoms with E-state index in [0.717, 1.165) is 29.8 Å². The van der Waals surface area contributed by atoms with E-state index in [1.807, 2.05) is 12.1 Å². The lowest BCUT2D eigenvalue weighted by atomic mass is 9.90. The number of benzene rings is 1. The molecule has 1 amide bonds. The van der Waals surface area contributed by atoms with Gasteiger partial charge in [0, 0.05) is 30.3 Å². The highest BCUT2D eigenvalue weighted by Gasteiger charge is 2.23. The highest BCUT2D eigenvalue weighted by atomic mass is 16.1. The van der Waals surface area contributed by atoms with Gasteiger partial charge in [0.05, 0.1) is 0 Å². The fraction of sp³-hybridized carbons (Fsp3) is 0.474. The van der Waals surface area contributed by atoms with Crippen LogP contribution < -0.4 is 11.1 Å². The Balaban J connectivity index is 2.03. The summed E-state index contributed by atoms with van der Waals surface area (Å²) in [6, 6.07) is 8.29. The number of hydrogen-bond acceptors (Lipinski definition) is 3. The van der Waals surface area contributed by atoms with Crippen molar-refractivity contribution in [2.75, 3.05) is 21.1 Å². The quantitative estimate of drug-likeness (QED) is 0.643. The van der Waals surface area contributed by atoms with Gasteiger partial charge in [0.2, 0.25) is 5.91 Å². The first kappa shape index (κ1) is 18.2. The number of nitrogens with one attached hydrogen (secondary N) is 1. The average molecular weight is 328 g/mol. The largest absolute Gasteiger partial charge is 0.367 e. The van der Waals surface area contributed by atoms with Gasteiger partial charge in [-0.1, -0.05) is 18.7 Å². The number of primary amides is 1. The Labute approximate surface area is 144 Å². The molecule has 0 bridgehead atoms. The number of rotatable bonds is 5. The molecule has 0 atom stereocenters. The number of nitrogens with two attached hydrogens (primary N) is 1. The standard InChI is InChI=1S/C19H28N4O/c1-13(14-6-5-7-15(12-14)18(20)24)19(21-2)22-16-8-10-17(11-9-16)23(3)4/h5-7,12,16-17H,1,8-11H2,2-4H3,(H2,20,24)(H,21,22). The summed E-state index contributed by atoms with van der Waals surface area (Å²) in [5.74, 6) is 0.347. The van der Waals surface area contributed by atoms with Gasteiger partial charge in [-0.05, 0) is 57.5 Å². The highest BCUT2D eigenvalue weighted by Crippen LogP contribution is 2.23. The number of aliphatic imine (C=N–C) groups is 1. The van der Waals surface area contributed by atoms with Gasteiger partial charge >= 0.3 is 0 Å². The van der Waals surface area contributed by atoms with Crippen molar-refractivity contribution in [3.8, 4) is 0 Å². The second-order valence-corrected chi connectivity index (χ2v) is 6.61. The number of amidine groups is 1. The molecule has 1 aromatic carbocycles. The molecule has 5 nitrogen and oxygen atoms in total. The number of carbonyl (C=O) groups excluding carboxylic acids is 1. The van der Waals surface area contributed by atoms with E-state index in [2.05, 4.69) is 35.9 Å². The lowest BCUT2D eigenvalue weighted by molar-refractivity contribution is 0.100. The molecule has 0 spiro atoms. The summed E-state index contributed by atoms with van der Waals surface area (Å²) in [5, 5.41) is 3.53. The minimum atomic E-state index is -0.436. The van der Waals surface area contributed by atoms with Crippen LogP contribution in [0, 0.1) is 0 Å². The van der Waals surface area contributed by atoms with Gasteiger partial charge in [-0.3, -0.25) is 9.79 Å². The minimum absolute atomic E-state index is 0.413. The molecule has 1 aliphatic carbocycles. The van der Waals surface area contributed by atoms with Crippen molar-refractivity contribution in [1.82, 2.24) is 10.2 Å². The molecule has 5 heteroatoms. The first-order valence-electron chi connectivity index (χ1n) is 8.41. The summed E-state index contributed by atoms with van der Waals surface area (Å²) < 4.78 is 0. The molecule has 3 N–H and O–H groups in total. The molecule has 1 aromatic rings. The van der Waals surface area contributed by atoms with Crippen LogP contribution in [-0.4, -0.2) is 49.9 Å². The Hall–Kier alpha value is -2.14. The predicted molar refractivity (Wildman–Crippen MR) is 100 cm³/mol. The SMILES string of the molecule is C=C(C(=NC)NC1CCC(N(C)C)CC1)c1cccc(C(N)=O)c1. The molecule has 0 heterocycles. The van der Waals surface area contributed by atoms with Gasteiger partial charge < -0.3 is 16.0 Å². The number of hydrogen-bond donors (Lipinski definition) is 2. The molecule has 0 radical (unpaired) electrons. The zero-order valence-electron chi connectivity index (χ0n) is 14.9. The van der Waals surface area contributed by atoms with Crippen LogP contribution in [0.15, 0.2) is 35.8 Å². The Kier molecular flexibility index (Phi) is 6.15. The molecule has 0 saturated heterocycles. The first-order chi connectivity index (χ1) is 11.4. The number of amides is 1. The summed E-state index contributed by atoms with van der Waals surface area (Å²) in [6.07, 6.45) is 4.61. The maximum absolute atomic E-state index is 11.4. The number of carbonyl (C=O) groups is 1. The van der Waals surface area contributed by atoms with Crippen molar-refractivity contribution in [2.45, 2.75) is 37.8 Å². The third-order valence-corrected chi connectivity index (χ3v) is 4.77. The maximum Gasteiger partial charge on any atom is 0.248 e. The van der Waals surface area contributed by atoms with Crippen LogP contribution in [-0.2, 0) is 0 Å². The van der Waals surface area contributed by atoms with Gasteiger partial charge in [-0.2, -0.15) is 0 Å². The molecular formula is C19H28N4O. The Morgan fingerprint density at radius 1 is 1.25 bits per heavy atom. The fourth-order valence-corrected chi connectivity index (χ4v) is 3.21. The van der Waals surface area contributed by atoms with E-state index in [-0.39, 0.29) is 0 Å². The summed E-state index contributed by atoms with van der Waals surface area (Å²) >= 11 is 0. The van der Waals surface area contributed by atoms with Crippen LogP contribution in [0.2, 0.25) is 0 Å². The van der Waals surface area contributed by atoms with Crippen molar-refractivity contribution in [3.05, 3.63) is 42.0 Å². The molecule has 1 aliphatic rings. The molecular weight excluding hydrogens is 300 g/mol. The lowest BCUT2D eigenvalue weighted by Gasteiger charge is -2.33. The van der Waals surface area contributed by atoms with Crippen molar-refractivity contribution in [1.29, 1.82) is 0 Å². The van der Waals surface area contributed by atoms with E-state index >= 15 is 0 Å². The van der Waals surface area contributed by atoms with Crippen molar-refractivity contribution >= 4 is 17.3 Å². The van der Waals surface area contributed by atoms with Crippen molar-refractivity contribution in [2.24, 2.45) is 10.7 Å². The fourth-order valence-electron chi connectivity index (χ4n) is 3.21. The summed E-state index contributed by atoms with van der Waals surface area (Å²) in [5.41, 5.74) is 7.49. The van der Waals surface area contributed by atoms with Crippen LogP contribution in [0.1, 0.15) is 41.6 Å². The van der Waals surface area contributed by atoms with E-state index in [9.17, 15) is 4.79 Å². The van der Waals surface area contributed by atoms with Crippen molar-refractivity contribution in [3.63, 3.8) is 0 Å². The molecule has 1 saturated carbocycles. The summed E-state index contributed by atoms with van der Waals surface area (Å²) in [4.78, 5) is 18.0. The highest BCUT2D eigenvalue weighted by molar-refractivity contribution is 6.22. The van der Waals surface area contributed by atoms with E-state index in [4.69, 9.17) is 5.73 Å². The number of nitrogens with zero attached hydrogens (tertiary/aromatic N) is 2. The van der Waals surface area contributed by atoms with Gasteiger partial charge in [0.1, 0.15) is 5.84 Å². The second-order valence-electron chi connectivity index (χ2n) is 6.61. The zero-order valence-corrected chi connectivity index (χ0v) is 14.9. The summed E-state index contributed by atoms with van der Waals surface area (Å²) in [6.45, 7) is 4.15. The monoisotopic (exact) mass is 328 g/mol. The molecule has 130 valence electrons. The Bertz CT molecular complexity index is 628. The molecule has 1 fully saturated rings. The lowest BCUT2D eigenvalue weighted by Crippen LogP contribution is -2.42. The molecule has 2 rings (SSSR count). The Morgan fingerprint density at radius 2 is 1.88 bits per heavy atom. The van der Waals surface area contributed by atoms with Crippen LogP contribution in [0.5, 0.6) is 0 Å². The first-order valence-corrected chi connectivity index (χ1v) is 8.41. The van der Waals surface area contributed by atoms with Crippen LogP contribution >= 0.6 is 0 Å². The van der Waals surface area contributed by atoms with E-state index in [0.29, 0.717) is 17.6 Å². The van der Waals surface area contributed by atoms with Crippen LogP contribution in [0.3, 0.4) is 0 Å². The van der Waals surface area contributed by atoms with Crippen LogP contribution in [0.25, 0.3) is 5.57 Å². The second kappa shape index (κ2) is 8.11. The zero-order chi connectivity index (χ0) is 17.7. The predicted octanol–water partition coefficient (Wildman–Crippen LogP) is 2.29. The average Bonchev–Trinajstić information content (AvgIpc) is 2.59. The van der Waals surface area contributed by atoms with Crippen LogP contribution in [0.4, 0.5) is 0 Å². The molecule has 0 unspecified atom stereocenters. The van der Waals surface area contributed by atoms with Gasteiger partial charge in [-0.15, -0.1) is 0 Å².